The summed E-state index contributed by atoms with van der Waals surface area (Å²) in [6.07, 6.45) is 1.33. The van der Waals surface area contributed by atoms with Gasteiger partial charge in [0.15, 0.2) is 5.13 Å². The van der Waals surface area contributed by atoms with Gasteiger partial charge in [-0.3, -0.25) is 9.69 Å². The molecule has 0 aliphatic carbocycles. The molecular formula is C14H20N4O3S. The Morgan fingerprint density at radius 3 is 3.14 bits per heavy atom. The number of carbonyl (C=O) groups excluding carboxylic acids is 2. The number of hydrogen-bond donors (Lipinski definition) is 1. The van der Waals surface area contributed by atoms with Gasteiger partial charge in [0.1, 0.15) is 0 Å². The van der Waals surface area contributed by atoms with Gasteiger partial charge in [0.25, 0.3) is 0 Å². The number of carbonyl (C=O) groups is 2. The van der Waals surface area contributed by atoms with E-state index in [0.29, 0.717) is 37.9 Å². The van der Waals surface area contributed by atoms with Crippen molar-refractivity contribution < 1.29 is 14.3 Å². The maximum absolute atomic E-state index is 12.4. The van der Waals surface area contributed by atoms with Crippen LogP contribution in [-0.4, -0.2) is 60.7 Å². The second-order valence-corrected chi connectivity index (χ2v) is 6.26. The van der Waals surface area contributed by atoms with Crippen LogP contribution in [0.4, 0.5) is 9.93 Å². The highest BCUT2D eigenvalue weighted by atomic mass is 32.1. The molecule has 2 aliphatic rings. The van der Waals surface area contributed by atoms with E-state index < -0.39 is 0 Å². The van der Waals surface area contributed by atoms with Crippen molar-refractivity contribution in [2.45, 2.75) is 25.9 Å². The van der Waals surface area contributed by atoms with Gasteiger partial charge in [-0.25, -0.2) is 9.78 Å². The van der Waals surface area contributed by atoms with Crippen molar-refractivity contribution in [3.8, 4) is 0 Å². The SMILES string of the molecule is CC[C@@H]1CN(C(=O)Cc2csc(N3CCNC3=O)n2)CCO1. The zero-order valence-electron chi connectivity index (χ0n) is 12.6. The summed E-state index contributed by atoms with van der Waals surface area (Å²) in [4.78, 5) is 31.9. The Balaban J connectivity index is 1.60. The number of aromatic nitrogens is 1. The molecule has 0 bridgehead atoms. The van der Waals surface area contributed by atoms with E-state index in [1.54, 1.807) is 4.90 Å². The topological polar surface area (TPSA) is 74.8 Å². The van der Waals surface area contributed by atoms with Crippen molar-refractivity contribution in [3.05, 3.63) is 11.1 Å². The van der Waals surface area contributed by atoms with Crippen LogP contribution in [0.1, 0.15) is 19.0 Å². The molecule has 0 radical (unpaired) electrons. The number of urea groups is 1. The van der Waals surface area contributed by atoms with Crippen LogP contribution in [0.15, 0.2) is 5.38 Å². The fourth-order valence-corrected chi connectivity index (χ4v) is 3.46. The van der Waals surface area contributed by atoms with Crippen LogP contribution in [0.3, 0.4) is 0 Å². The molecule has 0 unspecified atom stereocenters. The van der Waals surface area contributed by atoms with Gasteiger partial charge >= 0.3 is 6.03 Å². The van der Waals surface area contributed by atoms with Gasteiger partial charge < -0.3 is 15.0 Å². The largest absolute Gasteiger partial charge is 0.375 e. The average Bonchev–Trinajstić information content (AvgIpc) is 3.16. The maximum Gasteiger partial charge on any atom is 0.323 e. The first-order valence-corrected chi connectivity index (χ1v) is 8.44. The highest BCUT2D eigenvalue weighted by Gasteiger charge is 2.26. The van der Waals surface area contributed by atoms with Crippen molar-refractivity contribution in [1.82, 2.24) is 15.2 Å². The summed E-state index contributed by atoms with van der Waals surface area (Å²) in [6, 6.07) is -0.119. The van der Waals surface area contributed by atoms with Gasteiger partial charge in [-0.05, 0) is 6.42 Å². The summed E-state index contributed by atoms with van der Waals surface area (Å²) in [6.45, 7) is 5.22. The number of amides is 3. The van der Waals surface area contributed by atoms with Crippen LogP contribution in [0.5, 0.6) is 0 Å². The molecule has 0 aromatic carbocycles. The summed E-state index contributed by atoms with van der Waals surface area (Å²) in [5.74, 6) is 0.0736. The van der Waals surface area contributed by atoms with E-state index in [-0.39, 0.29) is 24.5 Å². The summed E-state index contributed by atoms with van der Waals surface area (Å²) in [5, 5.41) is 5.26. The number of thiazole rings is 1. The lowest BCUT2D eigenvalue weighted by Gasteiger charge is -2.32. The first-order valence-electron chi connectivity index (χ1n) is 7.56. The zero-order valence-corrected chi connectivity index (χ0v) is 13.4. The minimum absolute atomic E-state index is 0.0736. The van der Waals surface area contributed by atoms with Gasteiger partial charge in [-0.1, -0.05) is 6.92 Å². The van der Waals surface area contributed by atoms with E-state index in [1.165, 1.54) is 11.3 Å². The van der Waals surface area contributed by atoms with Crippen LogP contribution < -0.4 is 10.2 Å². The molecule has 0 saturated carbocycles. The van der Waals surface area contributed by atoms with Gasteiger partial charge in [-0.2, -0.15) is 0 Å². The minimum atomic E-state index is -0.119. The Morgan fingerprint density at radius 1 is 1.55 bits per heavy atom. The standard InChI is InChI=1S/C14H20N4O3S/c1-2-11-8-17(5-6-21-11)12(19)7-10-9-22-14(16-10)18-4-3-15-13(18)20/h9,11H,2-8H2,1H3,(H,15,20)/t11-/m1/s1. The van der Waals surface area contributed by atoms with Crippen molar-refractivity contribution in [2.75, 3.05) is 37.7 Å². The van der Waals surface area contributed by atoms with E-state index in [9.17, 15) is 9.59 Å². The molecule has 2 aliphatic heterocycles. The summed E-state index contributed by atoms with van der Waals surface area (Å²) in [7, 11) is 0. The van der Waals surface area contributed by atoms with Gasteiger partial charge in [0, 0.05) is 31.6 Å². The second-order valence-electron chi connectivity index (χ2n) is 5.42. The molecule has 1 N–H and O–H groups in total. The number of morpholine rings is 1. The first kappa shape index (κ1) is 15.2. The lowest BCUT2D eigenvalue weighted by atomic mass is 10.2. The molecule has 3 amide bonds. The smallest absolute Gasteiger partial charge is 0.323 e. The molecular weight excluding hydrogens is 304 g/mol. The molecule has 22 heavy (non-hydrogen) atoms. The number of nitrogens with one attached hydrogen (secondary N) is 1. The molecule has 120 valence electrons. The van der Waals surface area contributed by atoms with Crippen molar-refractivity contribution >= 4 is 28.4 Å². The predicted molar refractivity (Wildman–Crippen MR) is 83.2 cm³/mol. The summed E-state index contributed by atoms with van der Waals surface area (Å²) >= 11 is 1.40. The van der Waals surface area contributed by atoms with Gasteiger partial charge in [0.2, 0.25) is 5.91 Å². The van der Waals surface area contributed by atoms with E-state index in [1.807, 2.05) is 10.3 Å². The molecule has 1 aromatic rings. The fraction of sp³-hybridized carbons (Fsp3) is 0.643. The lowest BCUT2D eigenvalue weighted by Crippen LogP contribution is -2.46. The maximum atomic E-state index is 12.4. The van der Waals surface area contributed by atoms with Crippen LogP contribution in [-0.2, 0) is 16.0 Å². The van der Waals surface area contributed by atoms with Gasteiger partial charge in [0.05, 0.1) is 24.8 Å². The van der Waals surface area contributed by atoms with Crippen molar-refractivity contribution in [1.29, 1.82) is 0 Å². The van der Waals surface area contributed by atoms with E-state index in [4.69, 9.17) is 4.74 Å². The van der Waals surface area contributed by atoms with Crippen LogP contribution in [0, 0.1) is 0 Å². The Labute approximate surface area is 133 Å². The number of ether oxygens (including phenoxy) is 1. The molecule has 8 heteroatoms. The summed E-state index contributed by atoms with van der Waals surface area (Å²) in [5.41, 5.74) is 0.726. The highest BCUT2D eigenvalue weighted by molar-refractivity contribution is 7.14. The quantitative estimate of drug-likeness (QED) is 0.891. The second kappa shape index (κ2) is 6.62. The predicted octanol–water partition coefficient (Wildman–Crippen LogP) is 0.853. The number of nitrogens with zero attached hydrogens (tertiary/aromatic N) is 3. The molecule has 1 atom stereocenters. The molecule has 3 rings (SSSR count). The Bertz CT molecular complexity index is 562. The van der Waals surface area contributed by atoms with E-state index in [2.05, 4.69) is 17.2 Å². The molecule has 1 aromatic heterocycles. The first-order chi connectivity index (χ1) is 10.7. The third-order valence-corrected chi connectivity index (χ3v) is 4.82. The Hall–Kier alpha value is -1.67. The minimum Gasteiger partial charge on any atom is -0.375 e. The van der Waals surface area contributed by atoms with Crippen LogP contribution in [0.2, 0.25) is 0 Å². The summed E-state index contributed by atoms with van der Waals surface area (Å²) < 4.78 is 5.58. The highest BCUT2D eigenvalue weighted by Crippen LogP contribution is 2.22. The Kier molecular flexibility index (Phi) is 4.58. The molecule has 2 fully saturated rings. The normalized spacial score (nSPS) is 22.0. The fourth-order valence-electron chi connectivity index (χ4n) is 2.62. The number of anilines is 1. The zero-order chi connectivity index (χ0) is 15.5. The molecule has 2 saturated heterocycles. The molecule has 7 nitrogen and oxygen atoms in total. The van der Waals surface area contributed by atoms with Crippen molar-refractivity contribution in [3.63, 3.8) is 0 Å². The number of hydrogen-bond acceptors (Lipinski definition) is 5. The van der Waals surface area contributed by atoms with E-state index >= 15 is 0 Å². The lowest BCUT2D eigenvalue weighted by molar-refractivity contribution is -0.138. The third kappa shape index (κ3) is 3.22. The number of rotatable bonds is 4. The van der Waals surface area contributed by atoms with Crippen LogP contribution in [0.25, 0.3) is 0 Å². The van der Waals surface area contributed by atoms with Gasteiger partial charge in [-0.15, -0.1) is 11.3 Å². The monoisotopic (exact) mass is 324 g/mol. The van der Waals surface area contributed by atoms with Crippen molar-refractivity contribution in [2.24, 2.45) is 0 Å². The Morgan fingerprint density at radius 2 is 2.41 bits per heavy atom. The molecule has 0 spiro atoms. The third-order valence-electron chi connectivity index (χ3n) is 3.91. The molecule has 3 heterocycles. The van der Waals surface area contributed by atoms with Crippen LogP contribution >= 0.6 is 11.3 Å². The average molecular weight is 324 g/mol. The van der Waals surface area contributed by atoms with E-state index in [0.717, 1.165) is 12.1 Å².